The van der Waals surface area contributed by atoms with Gasteiger partial charge in [-0.15, -0.1) is 0 Å². The van der Waals surface area contributed by atoms with E-state index in [9.17, 15) is 4.79 Å². The molecule has 0 saturated carbocycles. The van der Waals surface area contributed by atoms with Crippen LogP contribution < -0.4 is 4.57 Å². The zero-order valence-electron chi connectivity index (χ0n) is 11.8. The Hall–Kier alpha value is -2.10. The van der Waals surface area contributed by atoms with E-state index in [1.54, 1.807) is 0 Å². The number of hydrogen-bond donors (Lipinski definition) is 0. The molecular weight excluding hydrogens is 240 g/mol. The maximum atomic E-state index is 11.3. The van der Waals surface area contributed by atoms with Crippen molar-refractivity contribution >= 4 is 5.97 Å². The summed E-state index contributed by atoms with van der Waals surface area (Å²) < 4.78 is 8.51. The molecule has 1 aromatic heterocycles. The predicted molar refractivity (Wildman–Crippen MR) is 72.2 cm³/mol. The van der Waals surface area contributed by atoms with Crippen molar-refractivity contribution in [2.24, 2.45) is 0 Å². The third kappa shape index (κ3) is 2.84. The number of ether oxygens (including phenoxy) is 1. The molecule has 100 valence electrons. The summed E-state index contributed by atoms with van der Waals surface area (Å²) in [6, 6.07) is 4.32. The van der Waals surface area contributed by atoms with Gasteiger partial charge in [0.05, 0.1) is 7.11 Å². The highest BCUT2D eigenvalue weighted by Gasteiger charge is 2.14. The van der Waals surface area contributed by atoms with E-state index >= 15 is 0 Å². The summed E-state index contributed by atoms with van der Waals surface area (Å²) >= 11 is 0. The molecule has 0 spiro atoms. The van der Waals surface area contributed by atoms with E-state index in [0.29, 0.717) is 0 Å². The van der Waals surface area contributed by atoms with Gasteiger partial charge >= 0.3 is 5.97 Å². The second kappa shape index (κ2) is 5.26. The van der Waals surface area contributed by atoms with Crippen LogP contribution in [0.1, 0.15) is 16.7 Å². The Bertz CT molecular complexity index is 591. The molecule has 19 heavy (non-hydrogen) atoms. The lowest BCUT2D eigenvalue weighted by atomic mass is 10.1. The lowest BCUT2D eigenvalue weighted by molar-refractivity contribution is -0.685. The standard InChI is InChI=1S/C15H19N2O2/c1-11-7-12(2)15(13(3)8-11)17-6-5-16(10-17)9-14(18)19-4/h5-8,10H,9H2,1-4H3/q+1. The minimum Gasteiger partial charge on any atom is -0.466 e. The average Bonchev–Trinajstić information content (AvgIpc) is 2.75. The van der Waals surface area contributed by atoms with E-state index in [-0.39, 0.29) is 12.5 Å². The fraction of sp³-hybridized carbons (Fsp3) is 0.333. The van der Waals surface area contributed by atoms with Crippen molar-refractivity contribution in [2.75, 3.05) is 7.11 Å². The molecule has 0 bridgehead atoms. The number of methoxy groups -OCH3 is 1. The Labute approximate surface area is 113 Å². The normalized spacial score (nSPS) is 10.5. The van der Waals surface area contributed by atoms with E-state index in [4.69, 9.17) is 0 Å². The highest BCUT2D eigenvalue weighted by Crippen LogP contribution is 2.20. The second-order valence-corrected chi connectivity index (χ2v) is 4.82. The van der Waals surface area contributed by atoms with Crippen LogP contribution in [0.4, 0.5) is 0 Å². The smallest absolute Gasteiger partial charge is 0.348 e. The second-order valence-electron chi connectivity index (χ2n) is 4.82. The molecule has 0 radical (unpaired) electrons. The zero-order valence-corrected chi connectivity index (χ0v) is 11.8. The fourth-order valence-electron chi connectivity index (χ4n) is 2.41. The molecular formula is C15H19N2O2+. The molecule has 0 saturated heterocycles. The Kier molecular flexibility index (Phi) is 3.69. The van der Waals surface area contributed by atoms with Crippen LogP contribution in [-0.2, 0) is 16.1 Å². The first-order valence-corrected chi connectivity index (χ1v) is 6.23. The minimum absolute atomic E-state index is 0.230. The largest absolute Gasteiger partial charge is 0.466 e. The minimum atomic E-state index is -0.250. The van der Waals surface area contributed by atoms with Crippen LogP contribution in [0.3, 0.4) is 0 Å². The van der Waals surface area contributed by atoms with Gasteiger partial charge < -0.3 is 4.74 Å². The summed E-state index contributed by atoms with van der Waals surface area (Å²) in [5, 5.41) is 0. The van der Waals surface area contributed by atoms with Crippen LogP contribution in [0.25, 0.3) is 5.69 Å². The molecule has 0 atom stereocenters. The number of aromatic nitrogens is 2. The molecule has 4 nitrogen and oxygen atoms in total. The molecule has 0 aliphatic carbocycles. The van der Waals surface area contributed by atoms with Crippen molar-refractivity contribution in [2.45, 2.75) is 27.3 Å². The van der Waals surface area contributed by atoms with Crippen LogP contribution >= 0.6 is 0 Å². The summed E-state index contributed by atoms with van der Waals surface area (Å²) in [6.07, 6.45) is 5.73. The number of esters is 1. The Balaban J connectivity index is 2.36. The average molecular weight is 259 g/mol. The van der Waals surface area contributed by atoms with Gasteiger partial charge in [0.1, 0.15) is 18.1 Å². The van der Waals surface area contributed by atoms with E-state index in [1.165, 1.54) is 23.8 Å². The highest BCUT2D eigenvalue weighted by atomic mass is 16.5. The van der Waals surface area contributed by atoms with E-state index in [0.717, 1.165) is 5.69 Å². The molecule has 0 unspecified atom stereocenters. The first-order valence-electron chi connectivity index (χ1n) is 6.23. The monoisotopic (exact) mass is 259 g/mol. The third-order valence-corrected chi connectivity index (χ3v) is 3.12. The Morgan fingerprint density at radius 2 is 1.89 bits per heavy atom. The third-order valence-electron chi connectivity index (χ3n) is 3.12. The van der Waals surface area contributed by atoms with Gasteiger partial charge in [0.25, 0.3) is 0 Å². The van der Waals surface area contributed by atoms with Gasteiger partial charge in [-0.05, 0) is 31.9 Å². The molecule has 2 rings (SSSR count). The summed E-state index contributed by atoms with van der Waals surface area (Å²) in [6.45, 7) is 6.52. The maximum absolute atomic E-state index is 11.3. The maximum Gasteiger partial charge on any atom is 0.348 e. The lowest BCUT2D eigenvalue weighted by Crippen LogP contribution is -2.36. The van der Waals surface area contributed by atoms with E-state index in [1.807, 2.05) is 27.9 Å². The number of nitrogens with zero attached hydrogens (tertiary/aromatic N) is 2. The van der Waals surface area contributed by atoms with Crippen LogP contribution in [0.2, 0.25) is 0 Å². The van der Waals surface area contributed by atoms with Crippen molar-refractivity contribution in [1.82, 2.24) is 4.57 Å². The topological polar surface area (TPSA) is 35.1 Å². The molecule has 0 fully saturated rings. The van der Waals surface area contributed by atoms with Gasteiger partial charge in [-0.3, -0.25) is 0 Å². The Morgan fingerprint density at radius 1 is 1.26 bits per heavy atom. The summed E-state index contributed by atoms with van der Waals surface area (Å²) in [5.41, 5.74) is 4.86. The zero-order chi connectivity index (χ0) is 14.0. The van der Waals surface area contributed by atoms with Crippen molar-refractivity contribution in [3.05, 3.63) is 47.5 Å². The van der Waals surface area contributed by atoms with Gasteiger partial charge in [0.2, 0.25) is 6.33 Å². The van der Waals surface area contributed by atoms with Crippen LogP contribution in [0.5, 0.6) is 0 Å². The first-order chi connectivity index (χ1) is 9.01. The fourth-order valence-corrected chi connectivity index (χ4v) is 2.41. The highest BCUT2D eigenvalue weighted by molar-refractivity contribution is 5.67. The molecule has 0 N–H and O–H groups in total. The van der Waals surface area contributed by atoms with E-state index < -0.39 is 0 Å². The van der Waals surface area contributed by atoms with Gasteiger partial charge in [-0.25, -0.2) is 13.9 Å². The van der Waals surface area contributed by atoms with Gasteiger partial charge in [-0.1, -0.05) is 17.7 Å². The van der Waals surface area contributed by atoms with Gasteiger partial charge in [0.15, 0.2) is 6.54 Å². The number of hydrogen-bond acceptors (Lipinski definition) is 2. The van der Waals surface area contributed by atoms with Crippen molar-refractivity contribution in [1.29, 1.82) is 0 Å². The number of carbonyl (C=O) groups is 1. The van der Waals surface area contributed by atoms with Crippen molar-refractivity contribution in [3.8, 4) is 5.69 Å². The quantitative estimate of drug-likeness (QED) is 0.623. The van der Waals surface area contributed by atoms with Crippen LogP contribution in [0.15, 0.2) is 30.9 Å². The van der Waals surface area contributed by atoms with E-state index in [2.05, 4.69) is 37.6 Å². The molecule has 2 aromatic rings. The number of aryl methyl sites for hydroxylation is 3. The summed E-state index contributed by atoms with van der Waals surface area (Å²) in [4.78, 5) is 11.3. The van der Waals surface area contributed by atoms with Crippen LogP contribution in [0, 0.1) is 20.8 Å². The molecule has 0 aliphatic heterocycles. The number of carbonyl (C=O) groups excluding carboxylic acids is 1. The van der Waals surface area contributed by atoms with Gasteiger partial charge in [-0.2, -0.15) is 0 Å². The molecule has 4 heteroatoms. The number of rotatable bonds is 3. The number of imidazole rings is 1. The molecule has 1 aromatic carbocycles. The number of benzene rings is 1. The SMILES string of the molecule is COC(=O)C[n+]1ccn(-c2c(C)cc(C)cc2C)c1. The van der Waals surface area contributed by atoms with Crippen LogP contribution in [-0.4, -0.2) is 17.6 Å². The first kappa shape index (κ1) is 13.3. The molecule has 0 amide bonds. The van der Waals surface area contributed by atoms with Gasteiger partial charge in [0, 0.05) is 0 Å². The summed E-state index contributed by atoms with van der Waals surface area (Å²) in [7, 11) is 1.40. The molecule has 1 heterocycles. The predicted octanol–water partition coefficient (Wildman–Crippen LogP) is 1.86. The molecule has 0 aliphatic rings. The lowest BCUT2D eigenvalue weighted by Gasteiger charge is -2.06. The summed E-state index contributed by atoms with van der Waals surface area (Å²) in [5.74, 6) is -0.250. The van der Waals surface area contributed by atoms with Crippen molar-refractivity contribution in [3.63, 3.8) is 0 Å². The van der Waals surface area contributed by atoms with Crippen molar-refractivity contribution < 1.29 is 14.1 Å². The Morgan fingerprint density at radius 3 is 2.47 bits per heavy atom.